The third kappa shape index (κ3) is 3.21. The standard InChI is InChI=1S/C23H24FNO3/c1-6-12-23(16-8-7-9-17(24)14-16)18-13-15(2)10-11-19(18)25(20(23)26)21(27)28-22(3,4)5/h6-11,13-14H,1,12H2,2-5H3. The lowest BCUT2D eigenvalue weighted by Gasteiger charge is -2.29. The van der Waals surface area contributed by atoms with Crippen LogP contribution in [0.4, 0.5) is 14.9 Å². The predicted molar refractivity (Wildman–Crippen MR) is 107 cm³/mol. The van der Waals surface area contributed by atoms with Crippen LogP contribution in [0.1, 0.15) is 43.9 Å². The molecule has 2 aromatic rings. The number of hydrogen-bond donors (Lipinski definition) is 0. The molecule has 0 N–H and O–H groups in total. The van der Waals surface area contributed by atoms with Gasteiger partial charge in [0.2, 0.25) is 0 Å². The van der Waals surface area contributed by atoms with E-state index in [0.29, 0.717) is 16.8 Å². The maximum absolute atomic E-state index is 14.0. The first-order valence-corrected chi connectivity index (χ1v) is 9.16. The van der Waals surface area contributed by atoms with Gasteiger partial charge in [0.05, 0.1) is 5.69 Å². The van der Waals surface area contributed by atoms with Gasteiger partial charge in [-0.15, -0.1) is 6.58 Å². The van der Waals surface area contributed by atoms with Crippen molar-refractivity contribution in [2.45, 2.75) is 45.1 Å². The number of anilines is 1. The van der Waals surface area contributed by atoms with Gasteiger partial charge >= 0.3 is 6.09 Å². The van der Waals surface area contributed by atoms with Crippen molar-refractivity contribution in [2.24, 2.45) is 0 Å². The Morgan fingerprint density at radius 3 is 2.57 bits per heavy atom. The quantitative estimate of drug-likeness (QED) is 0.680. The van der Waals surface area contributed by atoms with Crippen LogP contribution < -0.4 is 4.90 Å². The van der Waals surface area contributed by atoms with Crippen molar-refractivity contribution < 1.29 is 18.7 Å². The number of hydrogen-bond acceptors (Lipinski definition) is 3. The van der Waals surface area contributed by atoms with Gasteiger partial charge in [0.25, 0.3) is 5.91 Å². The van der Waals surface area contributed by atoms with Gasteiger partial charge < -0.3 is 4.74 Å². The van der Waals surface area contributed by atoms with Crippen molar-refractivity contribution in [3.8, 4) is 0 Å². The Morgan fingerprint density at radius 1 is 1.25 bits per heavy atom. The third-order valence-electron chi connectivity index (χ3n) is 4.76. The average molecular weight is 381 g/mol. The summed E-state index contributed by atoms with van der Waals surface area (Å²) in [6, 6.07) is 11.4. The molecule has 0 radical (unpaired) electrons. The molecule has 1 unspecified atom stereocenters. The highest BCUT2D eigenvalue weighted by Gasteiger charge is 2.54. The van der Waals surface area contributed by atoms with E-state index in [4.69, 9.17) is 4.74 Å². The molecule has 3 rings (SSSR count). The maximum atomic E-state index is 14.0. The van der Waals surface area contributed by atoms with Gasteiger partial charge in [-0.1, -0.05) is 35.9 Å². The fourth-order valence-electron chi connectivity index (χ4n) is 3.66. The summed E-state index contributed by atoms with van der Waals surface area (Å²) in [4.78, 5) is 27.6. The summed E-state index contributed by atoms with van der Waals surface area (Å²) < 4.78 is 19.5. The largest absolute Gasteiger partial charge is 0.443 e. The molecule has 0 saturated heterocycles. The Morgan fingerprint density at radius 2 is 1.96 bits per heavy atom. The van der Waals surface area contributed by atoms with Gasteiger partial charge in [-0.25, -0.2) is 14.1 Å². The molecule has 0 fully saturated rings. The molecule has 1 heterocycles. The third-order valence-corrected chi connectivity index (χ3v) is 4.76. The number of amides is 2. The first kappa shape index (κ1) is 19.8. The molecule has 0 aromatic heterocycles. The molecule has 2 aromatic carbocycles. The number of carbonyl (C=O) groups excluding carboxylic acids is 2. The molecular weight excluding hydrogens is 357 g/mol. The second kappa shape index (κ2) is 6.89. The van der Waals surface area contributed by atoms with Crippen LogP contribution in [-0.2, 0) is 14.9 Å². The highest BCUT2D eigenvalue weighted by molar-refractivity contribution is 6.22. The Kier molecular flexibility index (Phi) is 4.88. The van der Waals surface area contributed by atoms with Gasteiger partial charge in [0.1, 0.15) is 16.8 Å². The summed E-state index contributed by atoms with van der Waals surface area (Å²) in [7, 11) is 0. The number of allylic oxidation sites excluding steroid dienone is 1. The molecule has 4 nitrogen and oxygen atoms in total. The zero-order valence-corrected chi connectivity index (χ0v) is 16.6. The summed E-state index contributed by atoms with van der Waals surface area (Å²) in [5, 5.41) is 0. The van der Waals surface area contributed by atoms with Gasteiger partial charge in [-0.05, 0) is 63.4 Å². The SMILES string of the molecule is C=CCC1(c2cccc(F)c2)C(=O)N(C(=O)OC(C)(C)C)c2ccc(C)cc21. The molecule has 0 spiro atoms. The number of carbonyl (C=O) groups is 2. The molecule has 1 aliphatic rings. The van der Waals surface area contributed by atoms with Gasteiger partial charge in [-0.2, -0.15) is 0 Å². The van der Waals surface area contributed by atoms with E-state index in [0.717, 1.165) is 10.5 Å². The normalized spacial score (nSPS) is 18.8. The van der Waals surface area contributed by atoms with E-state index in [1.54, 1.807) is 45.0 Å². The lowest BCUT2D eigenvalue weighted by molar-refractivity contribution is -0.121. The number of rotatable bonds is 3. The van der Waals surface area contributed by atoms with Crippen LogP contribution in [0.2, 0.25) is 0 Å². The Hall–Kier alpha value is -2.95. The lowest BCUT2D eigenvalue weighted by atomic mass is 9.72. The highest BCUT2D eigenvalue weighted by Crippen LogP contribution is 2.49. The van der Waals surface area contributed by atoms with E-state index < -0.39 is 28.8 Å². The Balaban J connectivity index is 2.27. The van der Waals surface area contributed by atoms with Crippen LogP contribution in [-0.4, -0.2) is 17.6 Å². The predicted octanol–water partition coefficient (Wildman–Crippen LogP) is 5.28. The first-order valence-electron chi connectivity index (χ1n) is 9.16. The average Bonchev–Trinajstić information content (AvgIpc) is 2.83. The van der Waals surface area contributed by atoms with Crippen molar-refractivity contribution in [1.82, 2.24) is 0 Å². The number of imide groups is 1. The number of halogens is 1. The summed E-state index contributed by atoms with van der Waals surface area (Å²) in [6.07, 6.45) is 1.10. The van der Waals surface area contributed by atoms with Crippen molar-refractivity contribution in [1.29, 1.82) is 0 Å². The van der Waals surface area contributed by atoms with E-state index in [1.807, 2.05) is 19.1 Å². The molecule has 0 bridgehead atoms. The Labute approximate surface area is 164 Å². The summed E-state index contributed by atoms with van der Waals surface area (Å²) in [6.45, 7) is 10.9. The van der Waals surface area contributed by atoms with E-state index in [-0.39, 0.29) is 6.42 Å². The summed E-state index contributed by atoms with van der Waals surface area (Å²) in [5.41, 5.74) is 0.523. The second-order valence-corrected chi connectivity index (χ2v) is 8.05. The second-order valence-electron chi connectivity index (χ2n) is 8.05. The van der Waals surface area contributed by atoms with Gasteiger partial charge in [0.15, 0.2) is 0 Å². The van der Waals surface area contributed by atoms with Gasteiger partial charge in [0, 0.05) is 0 Å². The van der Waals surface area contributed by atoms with Crippen molar-refractivity contribution in [3.63, 3.8) is 0 Å². The molecule has 5 heteroatoms. The number of ether oxygens (including phenoxy) is 1. The van der Waals surface area contributed by atoms with Crippen molar-refractivity contribution >= 4 is 17.7 Å². The number of fused-ring (bicyclic) bond motifs is 1. The molecule has 2 amide bonds. The van der Waals surface area contributed by atoms with Crippen LogP contribution in [0.5, 0.6) is 0 Å². The number of nitrogens with zero attached hydrogens (tertiary/aromatic N) is 1. The molecule has 0 saturated carbocycles. The van der Waals surface area contributed by atoms with Crippen LogP contribution >= 0.6 is 0 Å². The molecule has 146 valence electrons. The molecule has 1 atom stereocenters. The summed E-state index contributed by atoms with van der Waals surface area (Å²) in [5.74, 6) is -0.911. The Bertz CT molecular complexity index is 961. The van der Waals surface area contributed by atoms with Crippen LogP contribution in [0.3, 0.4) is 0 Å². The minimum absolute atomic E-state index is 0.227. The van der Waals surface area contributed by atoms with Gasteiger partial charge in [-0.3, -0.25) is 4.79 Å². The lowest BCUT2D eigenvalue weighted by Crippen LogP contribution is -2.45. The smallest absolute Gasteiger partial charge is 0.421 e. The van der Waals surface area contributed by atoms with E-state index >= 15 is 0 Å². The monoisotopic (exact) mass is 381 g/mol. The fraction of sp³-hybridized carbons (Fsp3) is 0.304. The van der Waals surface area contributed by atoms with Crippen molar-refractivity contribution in [2.75, 3.05) is 4.90 Å². The van der Waals surface area contributed by atoms with E-state index in [9.17, 15) is 14.0 Å². The first-order chi connectivity index (χ1) is 13.1. The van der Waals surface area contributed by atoms with E-state index in [1.165, 1.54) is 12.1 Å². The van der Waals surface area contributed by atoms with Crippen LogP contribution in [0.25, 0.3) is 0 Å². The van der Waals surface area contributed by atoms with Crippen molar-refractivity contribution in [3.05, 3.63) is 77.6 Å². The molecule has 0 aliphatic carbocycles. The number of benzene rings is 2. The topological polar surface area (TPSA) is 46.6 Å². The molecular formula is C23H24FNO3. The number of aryl methyl sites for hydroxylation is 1. The minimum Gasteiger partial charge on any atom is -0.443 e. The fourth-order valence-corrected chi connectivity index (χ4v) is 3.66. The minimum atomic E-state index is -1.23. The maximum Gasteiger partial charge on any atom is 0.421 e. The highest BCUT2D eigenvalue weighted by atomic mass is 19.1. The zero-order valence-electron chi connectivity index (χ0n) is 16.6. The summed E-state index contributed by atoms with van der Waals surface area (Å²) >= 11 is 0. The van der Waals surface area contributed by atoms with Crippen LogP contribution in [0, 0.1) is 12.7 Å². The molecule has 28 heavy (non-hydrogen) atoms. The zero-order chi connectivity index (χ0) is 20.7. The molecule has 1 aliphatic heterocycles. The van der Waals surface area contributed by atoms with Crippen LogP contribution in [0.15, 0.2) is 55.1 Å². The van der Waals surface area contributed by atoms with E-state index in [2.05, 4.69) is 6.58 Å².